The standard InChI is InChI=1S/C32H37N3/c1-23(2)29(22-17-24(3)25-13-9-7-10-14-25)31-34-33-30(35(31)28-15-11-8-12-16-28)26-18-20-27(21-19-26)32(4,5)6/h7-15,17-23,28H,16H2,1-6H3/b24-17+,29-22+. The van der Waals surface area contributed by atoms with E-state index in [1.54, 1.807) is 0 Å². The maximum Gasteiger partial charge on any atom is 0.164 e. The van der Waals surface area contributed by atoms with Crippen molar-refractivity contribution < 1.29 is 0 Å². The van der Waals surface area contributed by atoms with Crippen LogP contribution >= 0.6 is 0 Å². The van der Waals surface area contributed by atoms with E-state index in [9.17, 15) is 0 Å². The minimum atomic E-state index is 0.116. The number of benzene rings is 2. The Balaban J connectivity index is 1.81. The van der Waals surface area contributed by atoms with Crippen LogP contribution in [0.5, 0.6) is 0 Å². The molecule has 3 aromatic rings. The molecule has 0 N–H and O–H groups in total. The van der Waals surface area contributed by atoms with Gasteiger partial charge in [-0.25, -0.2) is 0 Å². The zero-order chi connectivity index (χ0) is 25.0. The highest BCUT2D eigenvalue weighted by molar-refractivity contribution is 5.72. The Morgan fingerprint density at radius 1 is 0.943 bits per heavy atom. The molecule has 2 aromatic carbocycles. The van der Waals surface area contributed by atoms with Crippen LogP contribution in [-0.4, -0.2) is 14.8 Å². The van der Waals surface area contributed by atoms with Crippen molar-refractivity contribution in [2.24, 2.45) is 5.92 Å². The highest BCUT2D eigenvalue weighted by Crippen LogP contribution is 2.34. The van der Waals surface area contributed by atoms with E-state index in [0.717, 1.165) is 23.6 Å². The molecule has 0 radical (unpaired) electrons. The molecular formula is C32H37N3. The van der Waals surface area contributed by atoms with Gasteiger partial charge in [0.1, 0.15) is 0 Å². The van der Waals surface area contributed by atoms with Gasteiger partial charge in [-0.2, -0.15) is 0 Å². The first-order chi connectivity index (χ1) is 16.8. The molecule has 1 aromatic heterocycles. The summed E-state index contributed by atoms with van der Waals surface area (Å²) in [6.07, 6.45) is 14.1. The van der Waals surface area contributed by atoms with Crippen LogP contribution in [0.2, 0.25) is 0 Å². The predicted octanol–water partition coefficient (Wildman–Crippen LogP) is 8.44. The van der Waals surface area contributed by atoms with Crippen molar-refractivity contribution in [2.75, 3.05) is 0 Å². The Morgan fingerprint density at radius 3 is 2.26 bits per heavy atom. The Morgan fingerprint density at radius 2 is 1.66 bits per heavy atom. The molecule has 1 atom stereocenters. The number of hydrogen-bond acceptors (Lipinski definition) is 2. The van der Waals surface area contributed by atoms with Gasteiger partial charge in [0.2, 0.25) is 0 Å². The maximum absolute atomic E-state index is 4.77. The van der Waals surface area contributed by atoms with Crippen molar-refractivity contribution in [1.82, 2.24) is 14.8 Å². The van der Waals surface area contributed by atoms with E-state index in [2.05, 4.69) is 137 Å². The van der Waals surface area contributed by atoms with Crippen LogP contribution in [0.1, 0.15) is 71.0 Å². The van der Waals surface area contributed by atoms with Crippen molar-refractivity contribution in [1.29, 1.82) is 0 Å². The molecule has 1 heterocycles. The van der Waals surface area contributed by atoms with Gasteiger partial charge in [0.15, 0.2) is 11.6 Å². The van der Waals surface area contributed by atoms with Crippen molar-refractivity contribution in [3.8, 4) is 11.4 Å². The second kappa shape index (κ2) is 10.4. The van der Waals surface area contributed by atoms with Gasteiger partial charge >= 0.3 is 0 Å². The monoisotopic (exact) mass is 463 g/mol. The fourth-order valence-electron chi connectivity index (χ4n) is 4.41. The molecule has 1 aliphatic carbocycles. The summed E-state index contributed by atoms with van der Waals surface area (Å²) in [5, 5.41) is 9.50. The second-order valence-corrected chi connectivity index (χ2v) is 10.7. The second-order valence-electron chi connectivity index (χ2n) is 10.7. The van der Waals surface area contributed by atoms with Crippen molar-refractivity contribution >= 4 is 11.1 Å². The number of aromatic nitrogens is 3. The van der Waals surface area contributed by atoms with E-state index in [4.69, 9.17) is 10.2 Å². The van der Waals surface area contributed by atoms with Crippen LogP contribution in [0.3, 0.4) is 0 Å². The quantitative estimate of drug-likeness (QED) is 0.343. The molecule has 0 saturated carbocycles. The molecule has 1 unspecified atom stereocenters. The zero-order valence-corrected chi connectivity index (χ0v) is 21.9. The first-order valence-electron chi connectivity index (χ1n) is 12.6. The van der Waals surface area contributed by atoms with E-state index >= 15 is 0 Å². The van der Waals surface area contributed by atoms with Gasteiger partial charge in [-0.05, 0) is 47.0 Å². The summed E-state index contributed by atoms with van der Waals surface area (Å²) in [4.78, 5) is 0. The van der Waals surface area contributed by atoms with Crippen LogP contribution in [0.15, 0.2) is 91.1 Å². The van der Waals surface area contributed by atoms with Gasteiger partial charge in [0.25, 0.3) is 0 Å². The smallest absolute Gasteiger partial charge is 0.164 e. The minimum absolute atomic E-state index is 0.116. The average Bonchev–Trinajstić information content (AvgIpc) is 3.29. The van der Waals surface area contributed by atoms with Crippen molar-refractivity contribution in [3.05, 3.63) is 108 Å². The van der Waals surface area contributed by atoms with Gasteiger partial charge in [-0.1, -0.05) is 126 Å². The first-order valence-corrected chi connectivity index (χ1v) is 12.6. The summed E-state index contributed by atoms with van der Waals surface area (Å²) in [6, 6.07) is 19.5. The Kier molecular flexibility index (Phi) is 7.35. The number of hydrogen-bond donors (Lipinski definition) is 0. The zero-order valence-electron chi connectivity index (χ0n) is 21.9. The lowest BCUT2D eigenvalue weighted by Crippen LogP contribution is -2.14. The highest BCUT2D eigenvalue weighted by Gasteiger charge is 2.24. The predicted molar refractivity (Wildman–Crippen MR) is 149 cm³/mol. The van der Waals surface area contributed by atoms with E-state index in [1.165, 1.54) is 22.3 Å². The third-order valence-corrected chi connectivity index (χ3v) is 6.62. The van der Waals surface area contributed by atoms with Gasteiger partial charge < -0.3 is 0 Å². The fourth-order valence-corrected chi connectivity index (χ4v) is 4.41. The fraction of sp³-hybridized carbons (Fsp3) is 0.312. The van der Waals surface area contributed by atoms with Crippen LogP contribution < -0.4 is 0 Å². The summed E-state index contributed by atoms with van der Waals surface area (Å²) in [5.41, 5.74) is 6.18. The molecule has 0 amide bonds. The molecule has 1 aliphatic rings. The molecule has 3 heteroatoms. The normalized spacial score (nSPS) is 16.8. The third kappa shape index (κ3) is 5.62. The highest BCUT2D eigenvalue weighted by atomic mass is 15.3. The molecule has 0 fully saturated rings. The van der Waals surface area contributed by atoms with Crippen LogP contribution in [0.4, 0.5) is 0 Å². The molecule has 0 bridgehead atoms. The SMILES string of the molecule is C/C(=C\C=C(\c1nnc(-c2ccc(C(C)(C)C)cc2)n1C1C=CC=CC1)C(C)C)c1ccccc1. The number of allylic oxidation sites excluding steroid dienone is 8. The summed E-state index contributed by atoms with van der Waals surface area (Å²) in [5.74, 6) is 2.16. The Bertz CT molecular complexity index is 1260. The van der Waals surface area contributed by atoms with E-state index < -0.39 is 0 Å². The largest absolute Gasteiger partial charge is 0.300 e. The van der Waals surface area contributed by atoms with Crippen molar-refractivity contribution in [2.45, 2.75) is 59.4 Å². The van der Waals surface area contributed by atoms with Crippen LogP contribution in [0, 0.1) is 5.92 Å². The first kappa shape index (κ1) is 24.7. The lowest BCUT2D eigenvalue weighted by Gasteiger charge is -2.22. The molecule has 0 spiro atoms. The van der Waals surface area contributed by atoms with Crippen molar-refractivity contribution in [3.63, 3.8) is 0 Å². The Hall–Kier alpha value is -3.46. The van der Waals surface area contributed by atoms with Gasteiger partial charge in [0, 0.05) is 5.56 Å². The number of nitrogens with zero attached hydrogens (tertiary/aromatic N) is 3. The van der Waals surface area contributed by atoms with Crippen LogP contribution in [-0.2, 0) is 5.41 Å². The molecule has 0 aliphatic heterocycles. The summed E-state index contributed by atoms with van der Waals surface area (Å²) >= 11 is 0. The van der Waals surface area contributed by atoms with E-state index in [-0.39, 0.29) is 11.5 Å². The van der Waals surface area contributed by atoms with Gasteiger partial charge in [-0.3, -0.25) is 4.57 Å². The molecule has 3 nitrogen and oxygen atoms in total. The maximum atomic E-state index is 4.77. The topological polar surface area (TPSA) is 30.7 Å². The lowest BCUT2D eigenvalue weighted by atomic mass is 9.86. The minimum Gasteiger partial charge on any atom is -0.300 e. The molecule has 4 rings (SSSR count). The lowest BCUT2D eigenvalue weighted by molar-refractivity contribution is 0.589. The molecular weight excluding hydrogens is 426 g/mol. The third-order valence-electron chi connectivity index (χ3n) is 6.62. The summed E-state index contributed by atoms with van der Waals surface area (Å²) in [6.45, 7) is 13.3. The van der Waals surface area contributed by atoms with Crippen LogP contribution in [0.25, 0.3) is 22.5 Å². The van der Waals surface area contributed by atoms with Gasteiger partial charge in [0.05, 0.1) is 6.04 Å². The molecule has 0 saturated heterocycles. The average molecular weight is 464 g/mol. The molecule has 180 valence electrons. The summed E-state index contributed by atoms with van der Waals surface area (Å²) in [7, 11) is 0. The Labute approximate surface area is 210 Å². The molecule has 35 heavy (non-hydrogen) atoms. The number of rotatable bonds is 6. The van der Waals surface area contributed by atoms with E-state index in [0.29, 0.717) is 5.92 Å². The summed E-state index contributed by atoms with van der Waals surface area (Å²) < 4.78 is 2.32. The van der Waals surface area contributed by atoms with Gasteiger partial charge in [-0.15, -0.1) is 10.2 Å². The van der Waals surface area contributed by atoms with E-state index in [1.807, 2.05) is 0 Å².